The molecule has 1 aliphatic carbocycles. The second-order valence-electron chi connectivity index (χ2n) is 7.70. The summed E-state index contributed by atoms with van der Waals surface area (Å²) < 4.78 is 0. The third-order valence-corrected chi connectivity index (χ3v) is 5.87. The number of hydrogen-bond acceptors (Lipinski definition) is 2. The monoisotopic (exact) mass is 357 g/mol. The van der Waals surface area contributed by atoms with Crippen molar-refractivity contribution < 1.29 is 9.59 Å². The van der Waals surface area contributed by atoms with E-state index in [1.54, 1.807) is 4.90 Å². The van der Waals surface area contributed by atoms with Crippen molar-refractivity contribution >= 4 is 17.6 Å². The second kappa shape index (κ2) is 8.11. The van der Waals surface area contributed by atoms with Crippen molar-refractivity contribution in [3.05, 3.63) is 29.3 Å². The molecule has 0 radical (unpaired) electrons. The van der Waals surface area contributed by atoms with Gasteiger partial charge in [-0.2, -0.15) is 0 Å². The summed E-state index contributed by atoms with van der Waals surface area (Å²) in [6.07, 6.45) is 6.26. The molecule has 0 spiro atoms. The summed E-state index contributed by atoms with van der Waals surface area (Å²) in [6.45, 7) is 7.43. The van der Waals surface area contributed by atoms with Crippen LogP contribution in [-0.4, -0.2) is 42.0 Å². The maximum absolute atomic E-state index is 12.8. The highest BCUT2D eigenvalue weighted by Crippen LogP contribution is 2.25. The molecular formula is C21H31N3O2. The predicted octanol–water partition coefficient (Wildman–Crippen LogP) is 3.77. The fourth-order valence-corrected chi connectivity index (χ4v) is 4.17. The summed E-state index contributed by atoms with van der Waals surface area (Å²) in [5, 5.41) is 3.11. The van der Waals surface area contributed by atoms with E-state index >= 15 is 0 Å². The molecule has 5 heteroatoms. The first-order chi connectivity index (χ1) is 12.5. The van der Waals surface area contributed by atoms with Crippen molar-refractivity contribution in [2.45, 2.75) is 71.4 Å². The van der Waals surface area contributed by atoms with Gasteiger partial charge in [0.25, 0.3) is 0 Å². The number of carbonyl (C=O) groups is 2. The first kappa shape index (κ1) is 18.7. The molecule has 1 saturated carbocycles. The fourth-order valence-electron chi connectivity index (χ4n) is 4.17. The molecule has 1 unspecified atom stereocenters. The van der Waals surface area contributed by atoms with Gasteiger partial charge in [-0.25, -0.2) is 4.79 Å². The summed E-state index contributed by atoms with van der Waals surface area (Å²) in [4.78, 5) is 29.0. The molecule has 1 saturated heterocycles. The average Bonchev–Trinajstić information content (AvgIpc) is 2.99. The van der Waals surface area contributed by atoms with E-state index in [4.69, 9.17) is 0 Å². The number of hydrogen-bond donors (Lipinski definition) is 1. The lowest BCUT2D eigenvalue weighted by molar-refractivity contribution is -0.117. The third kappa shape index (κ3) is 4.02. The third-order valence-electron chi connectivity index (χ3n) is 5.87. The normalized spacial score (nSPS) is 21.1. The van der Waals surface area contributed by atoms with Gasteiger partial charge in [0.15, 0.2) is 0 Å². The van der Waals surface area contributed by atoms with Crippen LogP contribution in [0, 0.1) is 13.8 Å². The smallest absolute Gasteiger partial charge is 0.317 e. The van der Waals surface area contributed by atoms with Gasteiger partial charge in [0, 0.05) is 31.2 Å². The lowest BCUT2D eigenvalue weighted by Gasteiger charge is -2.34. The number of urea groups is 1. The highest BCUT2D eigenvalue weighted by atomic mass is 16.2. The Morgan fingerprint density at radius 2 is 1.92 bits per heavy atom. The van der Waals surface area contributed by atoms with E-state index in [9.17, 15) is 9.59 Å². The van der Waals surface area contributed by atoms with Gasteiger partial charge < -0.3 is 15.1 Å². The van der Waals surface area contributed by atoms with Gasteiger partial charge >= 0.3 is 6.03 Å². The van der Waals surface area contributed by atoms with E-state index in [1.807, 2.05) is 24.0 Å². The maximum atomic E-state index is 12.8. The molecule has 26 heavy (non-hydrogen) atoms. The van der Waals surface area contributed by atoms with Gasteiger partial charge in [-0.05, 0) is 56.9 Å². The maximum Gasteiger partial charge on any atom is 0.317 e. The number of benzene rings is 1. The Labute approximate surface area is 156 Å². The quantitative estimate of drug-likeness (QED) is 0.892. The number of anilines is 1. The van der Waals surface area contributed by atoms with Crippen molar-refractivity contribution in [3.63, 3.8) is 0 Å². The first-order valence-corrected chi connectivity index (χ1v) is 9.94. The first-order valence-electron chi connectivity index (χ1n) is 9.94. The molecule has 1 atom stereocenters. The average molecular weight is 357 g/mol. The lowest BCUT2D eigenvalue weighted by Crippen LogP contribution is -2.50. The Hall–Kier alpha value is -2.04. The Morgan fingerprint density at radius 3 is 2.58 bits per heavy atom. The van der Waals surface area contributed by atoms with Crippen LogP contribution in [0.25, 0.3) is 0 Å². The van der Waals surface area contributed by atoms with Crippen molar-refractivity contribution in [1.29, 1.82) is 0 Å². The zero-order valence-electron chi connectivity index (χ0n) is 16.3. The van der Waals surface area contributed by atoms with Crippen LogP contribution in [0.3, 0.4) is 0 Å². The fraction of sp³-hybridized carbons (Fsp3) is 0.619. The van der Waals surface area contributed by atoms with Gasteiger partial charge in [-0.1, -0.05) is 25.3 Å². The molecule has 1 N–H and O–H groups in total. The Bertz CT molecular complexity index is 667. The van der Waals surface area contributed by atoms with Crippen molar-refractivity contribution in [2.24, 2.45) is 0 Å². The molecular weight excluding hydrogens is 326 g/mol. The lowest BCUT2D eigenvalue weighted by atomic mass is 9.94. The van der Waals surface area contributed by atoms with Crippen LogP contribution in [0.15, 0.2) is 18.2 Å². The predicted molar refractivity (Wildman–Crippen MR) is 104 cm³/mol. The van der Waals surface area contributed by atoms with Gasteiger partial charge in [-0.15, -0.1) is 0 Å². The second-order valence-corrected chi connectivity index (χ2v) is 7.70. The summed E-state index contributed by atoms with van der Waals surface area (Å²) in [5.74, 6) is 0.0827. The standard InChI is InChI=1S/C21H31N3O2/c1-4-23(18-8-6-5-7-9-18)21(26)22-17-13-20(25)24(14-17)19-11-10-15(2)16(3)12-19/h10-12,17-18H,4-9,13-14H2,1-3H3,(H,22,26). The Balaban J connectivity index is 1.62. The Morgan fingerprint density at radius 1 is 1.19 bits per heavy atom. The SMILES string of the molecule is CCN(C(=O)NC1CC(=O)N(c2ccc(C)c(C)c2)C1)C1CCCCC1. The number of rotatable bonds is 4. The summed E-state index contributed by atoms with van der Waals surface area (Å²) >= 11 is 0. The van der Waals surface area contributed by atoms with Gasteiger partial charge in [0.2, 0.25) is 5.91 Å². The molecule has 2 fully saturated rings. The number of carbonyl (C=O) groups excluding carboxylic acids is 2. The van der Waals surface area contributed by atoms with Gasteiger partial charge in [0.05, 0.1) is 6.04 Å². The molecule has 0 bridgehead atoms. The summed E-state index contributed by atoms with van der Waals surface area (Å²) in [6, 6.07) is 6.31. The molecule has 1 aromatic carbocycles. The van der Waals surface area contributed by atoms with E-state index in [1.165, 1.54) is 30.4 Å². The van der Waals surface area contributed by atoms with Gasteiger partial charge in [0.1, 0.15) is 0 Å². The molecule has 2 aliphatic rings. The highest BCUT2D eigenvalue weighted by molar-refractivity contribution is 5.97. The van der Waals surface area contributed by atoms with Gasteiger partial charge in [-0.3, -0.25) is 4.79 Å². The van der Waals surface area contributed by atoms with Crippen LogP contribution in [0.5, 0.6) is 0 Å². The number of amides is 3. The minimum atomic E-state index is -0.116. The zero-order valence-corrected chi connectivity index (χ0v) is 16.3. The molecule has 1 heterocycles. The minimum Gasteiger partial charge on any atom is -0.333 e. The molecule has 1 aliphatic heterocycles. The molecule has 5 nitrogen and oxygen atoms in total. The van der Waals surface area contributed by atoms with Crippen molar-refractivity contribution in [3.8, 4) is 0 Å². The number of aryl methyl sites for hydroxylation is 2. The topological polar surface area (TPSA) is 52.7 Å². The number of nitrogens with one attached hydrogen (secondary N) is 1. The van der Waals surface area contributed by atoms with E-state index in [0.29, 0.717) is 19.0 Å². The highest BCUT2D eigenvalue weighted by Gasteiger charge is 2.33. The van der Waals surface area contributed by atoms with Crippen LogP contribution in [0.2, 0.25) is 0 Å². The van der Waals surface area contributed by atoms with Crippen LogP contribution in [0.4, 0.5) is 10.5 Å². The minimum absolute atomic E-state index is 0.0147. The van der Waals surface area contributed by atoms with Crippen LogP contribution in [0.1, 0.15) is 56.6 Å². The molecule has 0 aromatic heterocycles. The molecule has 142 valence electrons. The molecule has 3 rings (SSSR count). The Kier molecular flexibility index (Phi) is 5.84. The van der Waals surface area contributed by atoms with Crippen LogP contribution < -0.4 is 10.2 Å². The summed E-state index contributed by atoms with van der Waals surface area (Å²) in [7, 11) is 0. The largest absolute Gasteiger partial charge is 0.333 e. The molecule has 3 amide bonds. The van der Waals surface area contributed by atoms with Crippen LogP contribution >= 0.6 is 0 Å². The van der Waals surface area contributed by atoms with Crippen molar-refractivity contribution in [2.75, 3.05) is 18.0 Å². The van der Waals surface area contributed by atoms with E-state index in [0.717, 1.165) is 25.1 Å². The van der Waals surface area contributed by atoms with E-state index in [-0.39, 0.29) is 18.0 Å². The zero-order chi connectivity index (χ0) is 18.7. The molecule has 1 aromatic rings. The van der Waals surface area contributed by atoms with E-state index < -0.39 is 0 Å². The summed E-state index contributed by atoms with van der Waals surface area (Å²) in [5.41, 5.74) is 3.32. The number of nitrogens with zero attached hydrogens (tertiary/aromatic N) is 2. The van der Waals surface area contributed by atoms with Crippen molar-refractivity contribution in [1.82, 2.24) is 10.2 Å². The van der Waals surface area contributed by atoms with Crippen LogP contribution in [-0.2, 0) is 4.79 Å². The van der Waals surface area contributed by atoms with E-state index in [2.05, 4.69) is 25.2 Å².